The molecule has 15 heavy (non-hydrogen) atoms. The fourth-order valence-electron chi connectivity index (χ4n) is 1.51. The van der Waals surface area contributed by atoms with Gasteiger partial charge in [-0.3, -0.25) is 0 Å². The molecule has 3 heteroatoms. The van der Waals surface area contributed by atoms with Crippen molar-refractivity contribution in [3.8, 4) is 0 Å². The summed E-state index contributed by atoms with van der Waals surface area (Å²) in [6.07, 6.45) is 2.48. The molecular formula is C12H19BrN2. The zero-order valence-corrected chi connectivity index (χ0v) is 11.0. The van der Waals surface area contributed by atoms with Gasteiger partial charge in [-0.2, -0.15) is 0 Å². The molecular weight excluding hydrogens is 252 g/mol. The number of hydrogen-bond acceptors (Lipinski definition) is 2. The van der Waals surface area contributed by atoms with Gasteiger partial charge in [0.25, 0.3) is 0 Å². The highest BCUT2D eigenvalue weighted by Gasteiger charge is 2.04. The van der Waals surface area contributed by atoms with E-state index in [0.29, 0.717) is 0 Å². The zero-order chi connectivity index (χ0) is 11.3. The summed E-state index contributed by atoms with van der Waals surface area (Å²) in [6, 6.07) is 5.96. The Kier molecular flexibility index (Phi) is 5.12. The van der Waals surface area contributed by atoms with Crippen LogP contribution in [0.15, 0.2) is 22.7 Å². The van der Waals surface area contributed by atoms with E-state index in [0.717, 1.165) is 23.2 Å². The first-order valence-corrected chi connectivity index (χ1v) is 6.15. The highest BCUT2D eigenvalue weighted by molar-refractivity contribution is 9.10. The van der Waals surface area contributed by atoms with Crippen LogP contribution in [0.5, 0.6) is 0 Å². The summed E-state index contributed by atoms with van der Waals surface area (Å²) >= 11 is 3.54. The van der Waals surface area contributed by atoms with Crippen molar-refractivity contribution >= 4 is 21.6 Å². The van der Waals surface area contributed by atoms with Crippen molar-refractivity contribution in [2.45, 2.75) is 26.3 Å². The van der Waals surface area contributed by atoms with Crippen LogP contribution in [0.1, 0.15) is 25.3 Å². The van der Waals surface area contributed by atoms with Crippen molar-refractivity contribution in [2.24, 2.45) is 0 Å². The highest BCUT2D eigenvalue weighted by atomic mass is 79.9. The minimum Gasteiger partial charge on any atom is -0.399 e. The maximum absolute atomic E-state index is 5.76. The third-order valence-corrected chi connectivity index (χ3v) is 3.18. The van der Waals surface area contributed by atoms with Crippen LogP contribution in [-0.2, 0) is 6.54 Å². The van der Waals surface area contributed by atoms with Gasteiger partial charge in [-0.15, -0.1) is 0 Å². The third kappa shape index (κ3) is 4.22. The van der Waals surface area contributed by atoms with E-state index in [1.807, 2.05) is 18.2 Å². The SMILES string of the molecule is CCCCN(C)Cc1cc(N)ccc1Br. The molecule has 0 amide bonds. The van der Waals surface area contributed by atoms with Gasteiger partial charge in [0.05, 0.1) is 0 Å². The molecule has 0 aromatic heterocycles. The van der Waals surface area contributed by atoms with Crippen LogP contribution in [0.2, 0.25) is 0 Å². The fourth-order valence-corrected chi connectivity index (χ4v) is 1.89. The van der Waals surface area contributed by atoms with E-state index in [-0.39, 0.29) is 0 Å². The van der Waals surface area contributed by atoms with Crippen molar-refractivity contribution in [1.29, 1.82) is 0 Å². The first-order chi connectivity index (χ1) is 7.13. The summed E-state index contributed by atoms with van der Waals surface area (Å²) in [7, 11) is 2.14. The molecule has 1 aromatic carbocycles. The Labute approximate surface area is 101 Å². The molecule has 2 nitrogen and oxygen atoms in total. The topological polar surface area (TPSA) is 29.3 Å². The van der Waals surface area contributed by atoms with Gasteiger partial charge in [0.1, 0.15) is 0 Å². The van der Waals surface area contributed by atoms with Crippen molar-refractivity contribution in [3.63, 3.8) is 0 Å². The molecule has 0 radical (unpaired) electrons. The van der Waals surface area contributed by atoms with E-state index in [1.54, 1.807) is 0 Å². The third-order valence-electron chi connectivity index (χ3n) is 2.40. The van der Waals surface area contributed by atoms with E-state index in [2.05, 4.69) is 34.8 Å². The molecule has 0 spiro atoms. The Hall–Kier alpha value is -0.540. The molecule has 0 saturated heterocycles. The number of halogens is 1. The summed E-state index contributed by atoms with van der Waals surface area (Å²) in [4.78, 5) is 2.32. The van der Waals surface area contributed by atoms with Crippen molar-refractivity contribution in [2.75, 3.05) is 19.3 Å². The van der Waals surface area contributed by atoms with E-state index in [4.69, 9.17) is 5.73 Å². The molecule has 0 saturated carbocycles. The lowest BCUT2D eigenvalue weighted by molar-refractivity contribution is 0.320. The van der Waals surface area contributed by atoms with Gasteiger partial charge in [0.2, 0.25) is 0 Å². The normalized spacial score (nSPS) is 10.9. The van der Waals surface area contributed by atoms with Gasteiger partial charge in [-0.25, -0.2) is 0 Å². The van der Waals surface area contributed by atoms with Gasteiger partial charge < -0.3 is 10.6 Å². The van der Waals surface area contributed by atoms with Crippen LogP contribution < -0.4 is 5.73 Å². The maximum atomic E-state index is 5.76. The summed E-state index contributed by atoms with van der Waals surface area (Å²) in [5.41, 5.74) is 7.85. The number of benzene rings is 1. The Balaban J connectivity index is 2.59. The van der Waals surface area contributed by atoms with Gasteiger partial charge in [-0.1, -0.05) is 29.3 Å². The fraction of sp³-hybridized carbons (Fsp3) is 0.500. The van der Waals surface area contributed by atoms with Crippen molar-refractivity contribution < 1.29 is 0 Å². The average Bonchev–Trinajstić information content (AvgIpc) is 2.20. The highest BCUT2D eigenvalue weighted by Crippen LogP contribution is 2.20. The van der Waals surface area contributed by atoms with Gasteiger partial charge in [0, 0.05) is 16.7 Å². The first-order valence-electron chi connectivity index (χ1n) is 5.36. The van der Waals surface area contributed by atoms with Gasteiger partial charge in [-0.05, 0) is 43.8 Å². The van der Waals surface area contributed by atoms with Crippen LogP contribution in [-0.4, -0.2) is 18.5 Å². The molecule has 0 unspecified atom stereocenters. The van der Waals surface area contributed by atoms with Crippen LogP contribution in [0, 0.1) is 0 Å². The molecule has 2 N–H and O–H groups in total. The van der Waals surface area contributed by atoms with Crippen LogP contribution in [0.25, 0.3) is 0 Å². The lowest BCUT2D eigenvalue weighted by Gasteiger charge is -2.17. The Morgan fingerprint density at radius 3 is 2.80 bits per heavy atom. The molecule has 1 aromatic rings. The van der Waals surface area contributed by atoms with Crippen LogP contribution in [0.4, 0.5) is 5.69 Å². The van der Waals surface area contributed by atoms with Crippen molar-refractivity contribution in [1.82, 2.24) is 4.90 Å². The predicted molar refractivity (Wildman–Crippen MR) is 69.8 cm³/mol. The first kappa shape index (κ1) is 12.5. The molecule has 0 aliphatic rings. The standard InChI is InChI=1S/C12H19BrN2/c1-3-4-7-15(2)9-10-8-11(14)5-6-12(10)13/h5-6,8H,3-4,7,9,14H2,1-2H3. The second-order valence-electron chi connectivity index (χ2n) is 3.94. The predicted octanol–water partition coefficient (Wildman–Crippen LogP) is 3.26. The summed E-state index contributed by atoms with van der Waals surface area (Å²) in [5, 5.41) is 0. The number of nitrogens with zero attached hydrogens (tertiary/aromatic N) is 1. The molecule has 0 atom stereocenters. The van der Waals surface area contributed by atoms with Crippen LogP contribution in [0.3, 0.4) is 0 Å². The molecule has 1 rings (SSSR count). The van der Waals surface area contributed by atoms with Gasteiger partial charge >= 0.3 is 0 Å². The van der Waals surface area contributed by atoms with E-state index >= 15 is 0 Å². The lowest BCUT2D eigenvalue weighted by atomic mass is 10.2. The summed E-state index contributed by atoms with van der Waals surface area (Å²) in [6.45, 7) is 4.30. The van der Waals surface area contributed by atoms with Crippen molar-refractivity contribution in [3.05, 3.63) is 28.2 Å². The number of unbranched alkanes of at least 4 members (excludes halogenated alkanes) is 1. The minimum absolute atomic E-state index is 0.831. The molecule has 0 aliphatic carbocycles. The Morgan fingerprint density at radius 2 is 2.13 bits per heavy atom. The number of rotatable bonds is 5. The van der Waals surface area contributed by atoms with Gasteiger partial charge in [0.15, 0.2) is 0 Å². The lowest BCUT2D eigenvalue weighted by Crippen LogP contribution is -2.19. The average molecular weight is 271 g/mol. The quantitative estimate of drug-likeness (QED) is 0.833. The zero-order valence-electron chi connectivity index (χ0n) is 9.46. The smallest absolute Gasteiger partial charge is 0.0318 e. The molecule has 0 heterocycles. The Morgan fingerprint density at radius 1 is 1.40 bits per heavy atom. The number of nitrogens with two attached hydrogens (primary N) is 1. The molecule has 0 bridgehead atoms. The second kappa shape index (κ2) is 6.13. The number of anilines is 1. The summed E-state index contributed by atoms with van der Waals surface area (Å²) in [5.74, 6) is 0. The monoisotopic (exact) mass is 270 g/mol. The number of hydrogen-bond donors (Lipinski definition) is 1. The molecule has 84 valence electrons. The summed E-state index contributed by atoms with van der Waals surface area (Å²) < 4.78 is 1.14. The number of nitrogen functional groups attached to an aromatic ring is 1. The molecule has 0 aliphatic heterocycles. The molecule has 0 fully saturated rings. The maximum Gasteiger partial charge on any atom is 0.0318 e. The Bertz CT molecular complexity index is 312. The second-order valence-corrected chi connectivity index (χ2v) is 4.80. The largest absolute Gasteiger partial charge is 0.399 e. The van der Waals surface area contributed by atoms with E-state index < -0.39 is 0 Å². The van der Waals surface area contributed by atoms with E-state index in [1.165, 1.54) is 18.4 Å². The van der Waals surface area contributed by atoms with E-state index in [9.17, 15) is 0 Å². The minimum atomic E-state index is 0.831. The van der Waals surface area contributed by atoms with Crippen LogP contribution >= 0.6 is 15.9 Å².